The van der Waals surface area contributed by atoms with Gasteiger partial charge in [0.15, 0.2) is 0 Å². The number of hydrogen-bond donors (Lipinski definition) is 2. The van der Waals surface area contributed by atoms with E-state index in [-0.39, 0.29) is 25.5 Å². The van der Waals surface area contributed by atoms with Crippen LogP contribution < -0.4 is 10.6 Å². The van der Waals surface area contributed by atoms with Crippen molar-refractivity contribution in [2.75, 3.05) is 18.5 Å². The highest BCUT2D eigenvalue weighted by atomic mass is 19.1. The molecule has 0 aliphatic rings. The van der Waals surface area contributed by atoms with Gasteiger partial charge in [0, 0.05) is 5.69 Å². The highest BCUT2D eigenvalue weighted by Crippen LogP contribution is 2.10. The summed E-state index contributed by atoms with van der Waals surface area (Å²) < 4.78 is 17.9. The van der Waals surface area contributed by atoms with Gasteiger partial charge < -0.3 is 15.4 Å². The quantitative estimate of drug-likeness (QED) is 0.744. The average molecular weight is 358 g/mol. The molecule has 0 aliphatic heterocycles. The number of carbonyl (C=O) groups excluding carboxylic acids is 3. The van der Waals surface area contributed by atoms with Crippen molar-refractivity contribution >= 4 is 23.5 Å². The predicted octanol–water partition coefficient (Wildman–Crippen LogP) is 2.30. The second-order valence-electron chi connectivity index (χ2n) is 5.43. The Bertz CT molecular complexity index is 790. The molecule has 6 nitrogen and oxygen atoms in total. The topological polar surface area (TPSA) is 84.5 Å². The lowest BCUT2D eigenvalue weighted by Crippen LogP contribution is -2.33. The molecule has 2 N–H and O–H groups in total. The van der Waals surface area contributed by atoms with Crippen molar-refractivity contribution in [1.29, 1.82) is 0 Å². The van der Waals surface area contributed by atoms with Crippen molar-refractivity contribution < 1.29 is 23.5 Å². The molecule has 0 spiro atoms. The molecule has 136 valence electrons. The minimum absolute atomic E-state index is 0.0146. The Kier molecular flexibility index (Phi) is 6.84. The molecule has 2 aromatic carbocycles. The van der Waals surface area contributed by atoms with E-state index in [2.05, 4.69) is 10.6 Å². The van der Waals surface area contributed by atoms with Crippen LogP contribution >= 0.6 is 0 Å². The standard InChI is InChI=1S/C19H19FN2O4/c1-2-26-19(25)14-6-8-16(9-7-14)22-18(24)12-21-17(23)11-13-4-3-5-15(20)10-13/h3-10H,2,11-12H2,1H3,(H,21,23)(H,22,24). The smallest absolute Gasteiger partial charge is 0.338 e. The molecule has 0 saturated heterocycles. The number of rotatable bonds is 7. The third kappa shape index (κ3) is 6.01. The molecular formula is C19H19FN2O4. The van der Waals surface area contributed by atoms with Crippen molar-refractivity contribution in [2.45, 2.75) is 13.3 Å². The molecule has 0 fully saturated rings. The van der Waals surface area contributed by atoms with Gasteiger partial charge in [-0.3, -0.25) is 9.59 Å². The Hall–Kier alpha value is -3.22. The number of carbonyl (C=O) groups is 3. The van der Waals surface area contributed by atoms with Crippen LogP contribution in [0.5, 0.6) is 0 Å². The van der Waals surface area contributed by atoms with Crippen LogP contribution in [-0.4, -0.2) is 30.9 Å². The van der Waals surface area contributed by atoms with E-state index in [9.17, 15) is 18.8 Å². The molecule has 26 heavy (non-hydrogen) atoms. The summed E-state index contributed by atoms with van der Waals surface area (Å²) in [5, 5.41) is 5.07. The summed E-state index contributed by atoms with van der Waals surface area (Å²) in [5.41, 5.74) is 1.40. The summed E-state index contributed by atoms with van der Waals surface area (Å²) in [4.78, 5) is 35.2. The van der Waals surface area contributed by atoms with E-state index in [1.807, 2.05) is 0 Å². The molecular weight excluding hydrogens is 339 g/mol. The largest absolute Gasteiger partial charge is 0.462 e. The van der Waals surface area contributed by atoms with Crippen LogP contribution in [0, 0.1) is 5.82 Å². The third-order valence-corrected chi connectivity index (χ3v) is 3.38. The maximum atomic E-state index is 13.1. The molecule has 2 aromatic rings. The summed E-state index contributed by atoms with van der Waals surface area (Å²) in [5.74, 6) is -1.65. The second kappa shape index (κ2) is 9.31. The molecule has 0 unspecified atom stereocenters. The summed E-state index contributed by atoms with van der Waals surface area (Å²) >= 11 is 0. The van der Waals surface area contributed by atoms with E-state index >= 15 is 0 Å². The Morgan fingerprint density at radius 3 is 2.42 bits per heavy atom. The van der Waals surface area contributed by atoms with Gasteiger partial charge in [-0.15, -0.1) is 0 Å². The molecule has 7 heteroatoms. The van der Waals surface area contributed by atoms with Gasteiger partial charge in [0.2, 0.25) is 11.8 Å². The van der Waals surface area contributed by atoms with Crippen LogP contribution in [0.2, 0.25) is 0 Å². The highest BCUT2D eigenvalue weighted by molar-refractivity contribution is 5.95. The molecule has 0 aromatic heterocycles. The Balaban J connectivity index is 1.79. The first-order valence-corrected chi connectivity index (χ1v) is 8.06. The van der Waals surface area contributed by atoms with Gasteiger partial charge in [0.25, 0.3) is 0 Å². The average Bonchev–Trinajstić information content (AvgIpc) is 2.61. The molecule has 0 radical (unpaired) electrons. The highest BCUT2D eigenvalue weighted by Gasteiger charge is 2.09. The van der Waals surface area contributed by atoms with Crippen LogP contribution in [0.25, 0.3) is 0 Å². The first-order chi connectivity index (χ1) is 12.5. The number of ether oxygens (including phenoxy) is 1. The number of benzene rings is 2. The lowest BCUT2D eigenvalue weighted by Gasteiger charge is -2.08. The molecule has 0 bridgehead atoms. The van der Waals surface area contributed by atoms with Gasteiger partial charge in [-0.2, -0.15) is 0 Å². The van der Waals surface area contributed by atoms with E-state index in [0.29, 0.717) is 16.8 Å². The SMILES string of the molecule is CCOC(=O)c1ccc(NC(=O)CNC(=O)Cc2cccc(F)c2)cc1. The number of hydrogen-bond acceptors (Lipinski definition) is 4. The van der Waals surface area contributed by atoms with Gasteiger partial charge >= 0.3 is 5.97 Å². The van der Waals surface area contributed by atoms with Crippen molar-refractivity contribution in [1.82, 2.24) is 5.32 Å². The van der Waals surface area contributed by atoms with Crippen LogP contribution in [0.4, 0.5) is 10.1 Å². The minimum Gasteiger partial charge on any atom is -0.462 e. The Labute approximate surface area is 150 Å². The summed E-state index contributed by atoms with van der Waals surface area (Å²) in [6.07, 6.45) is -0.0146. The Morgan fingerprint density at radius 1 is 1.04 bits per heavy atom. The normalized spacial score (nSPS) is 10.1. The van der Waals surface area contributed by atoms with E-state index in [0.717, 1.165) is 0 Å². The van der Waals surface area contributed by atoms with Gasteiger partial charge in [-0.25, -0.2) is 9.18 Å². The van der Waals surface area contributed by atoms with Crippen LogP contribution in [0.1, 0.15) is 22.8 Å². The van der Waals surface area contributed by atoms with Gasteiger partial charge in [0.1, 0.15) is 5.82 Å². The zero-order chi connectivity index (χ0) is 18.9. The van der Waals surface area contributed by atoms with E-state index in [1.165, 1.54) is 30.3 Å². The first kappa shape index (κ1) is 19.1. The van der Waals surface area contributed by atoms with Gasteiger partial charge in [0.05, 0.1) is 25.1 Å². The molecule has 0 atom stereocenters. The number of anilines is 1. The predicted molar refractivity (Wildman–Crippen MR) is 94.1 cm³/mol. The van der Waals surface area contributed by atoms with E-state index in [4.69, 9.17) is 4.74 Å². The fraction of sp³-hybridized carbons (Fsp3) is 0.211. The van der Waals surface area contributed by atoms with Crippen molar-refractivity contribution in [3.05, 3.63) is 65.5 Å². The van der Waals surface area contributed by atoms with Gasteiger partial charge in [-0.1, -0.05) is 12.1 Å². The zero-order valence-corrected chi connectivity index (χ0v) is 14.3. The zero-order valence-electron chi connectivity index (χ0n) is 14.3. The third-order valence-electron chi connectivity index (χ3n) is 3.38. The Morgan fingerprint density at radius 2 is 1.77 bits per heavy atom. The second-order valence-corrected chi connectivity index (χ2v) is 5.43. The minimum atomic E-state index is -0.435. The van der Waals surface area contributed by atoms with Crippen molar-refractivity contribution in [3.63, 3.8) is 0 Å². The molecule has 0 aliphatic carbocycles. The fourth-order valence-electron chi connectivity index (χ4n) is 2.18. The van der Waals surface area contributed by atoms with E-state index < -0.39 is 17.7 Å². The molecule has 2 rings (SSSR count). The maximum absolute atomic E-state index is 13.1. The number of nitrogens with one attached hydrogen (secondary N) is 2. The van der Waals surface area contributed by atoms with Gasteiger partial charge in [-0.05, 0) is 48.9 Å². The van der Waals surface area contributed by atoms with Crippen molar-refractivity contribution in [3.8, 4) is 0 Å². The maximum Gasteiger partial charge on any atom is 0.338 e. The van der Waals surface area contributed by atoms with Crippen LogP contribution in [-0.2, 0) is 20.7 Å². The first-order valence-electron chi connectivity index (χ1n) is 8.06. The monoisotopic (exact) mass is 358 g/mol. The summed E-state index contributed by atoms with van der Waals surface area (Å²) in [6, 6.07) is 11.9. The fourth-order valence-corrected chi connectivity index (χ4v) is 2.18. The van der Waals surface area contributed by atoms with Crippen LogP contribution in [0.3, 0.4) is 0 Å². The lowest BCUT2D eigenvalue weighted by molar-refractivity contribution is -0.123. The lowest BCUT2D eigenvalue weighted by atomic mass is 10.1. The molecule has 0 heterocycles. The summed E-state index contributed by atoms with van der Waals surface area (Å²) in [7, 11) is 0. The van der Waals surface area contributed by atoms with Crippen molar-refractivity contribution in [2.24, 2.45) is 0 Å². The van der Waals surface area contributed by atoms with Crippen LogP contribution in [0.15, 0.2) is 48.5 Å². The number of amides is 2. The molecule has 2 amide bonds. The van der Waals surface area contributed by atoms with E-state index in [1.54, 1.807) is 25.1 Å². The number of halogens is 1. The summed E-state index contributed by atoms with van der Waals surface area (Å²) in [6.45, 7) is 1.79. The number of esters is 1. The molecule has 0 saturated carbocycles.